The van der Waals surface area contributed by atoms with Crippen LogP contribution in [0.15, 0.2) is 11.6 Å². The maximum atomic E-state index is 11.0. The van der Waals surface area contributed by atoms with E-state index in [9.17, 15) is 4.79 Å². The fourth-order valence-corrected chi connectivity index (χ4v) is 1.58. The Morgan fingerprint density at radius 2 is 2.12 bits per heavy atom. The zero-order valence-corrected chi connectivity index (χ0v) is 10.0. The standard InChI is InChI=1S/C12H20O4/c1-10(12(13)14-2)3-6-16-9-11-4-7-15-8-5-11/h3,11H,4-9H2,1-2H3. The van der Waals surface area contributed by atoms with E-state index >= 15 is 0 Å². The largest absolute Gasteiger partial charge is 0.466 e. The molecule has 0 radical (unpaired) electrons. The predicted molar refractivity (Wildman–Crippen MR) is 60.1 cm³/mol. The van der Waals surface area contributed by atoms with Crippen molar-refractivity contribution < 1.29 is 19.0 Å². The molecule has 0 aromatic carbocycles. The van der Waals surface area contributed by atoms with Gasteiger partial charge in [-0.2, -0.15) is 0 Å². The lowest BCUT2D eigenvalue weighted by Gasteiger charge is -2.21. The summed E-state index contributed by atoms with van der Waals surface area (Å²) < 4.78 is 15.3. The fourth-order valence-electron chi connectivity index (χ4n) is 1.58. The van der Waals surface area contributed by atoms with Gasteiger partial charge in [0.05, 0.1) is 13.7 Å². The van der Waals surface area contributed by atoms with E-state index in [0.717, 1.165) is 32.7 Å². The van der Waals surface area contributed by atoms with Crippen LogP contribution in [0.1, 0.15) is 19.8 Å². The van der Waals surface area contributed by atoms with E-state index in [1.165, 1.54) is 7.11 Å². The van der Waals surface area contributed by atoms with Crippen LogP contribution >= 0.6 is 0 Å². The van der Waals surface area contributed by atoms with Gasteiger partial charge in [0.25, 0.3) is 0 Å². The Labute approximate surface area is 96.6 Å². The Morgan fingerprint density at radius 3 is 2.75 bits per heavy atom. The highest BCUT2D eigenvalue weighted by Crippen LogP contribution is 2.14. The maximum Gasteiger partial charge on any atom is 0.333 e. The van der Waals surface area contributed by atoms with Crippen molar-refractivity contribution in [2.24, 2.45) is 5.92 Å². The first kappa shape index (κ1) is 13.2. The smallest absolute Gasteiger partial charge is 0.333 e. The van der Waals surface area contributed by atoms with Crippen LogP contribution in [0, 0.1) is 5.92 Å². The predicted octanol–water partition coefficient (Wildman–Crippen LogP) is 1.55. The molecule has 0 spiro atoms. The van der Waals surface area contributed by atoms with Gasteiger partial charge in [-0.05, 0) is 31.8 Å². The van der Waals surface area contributed by atoms with E-state index in [-0.39, 0.29) is 5.97 Å². The number of rotatable bonds is 5. The first-order valence-electron chi connectivity index (χ1n) is 5.64. The SMILES string of the molecule is COC(=O)C(C)=CCOCC1CCOCC1. The number of methoxy groups -OCH3 is 1. The van der Waals surface area contributed by atoms with Gasteiger partial charge in [0.1, 0.15) is 0 Å². The number of hydrogen-bond acceptors (Lipinski definition) is 4. The van der Waals surface area contributed by atoms with E-state index in [4.69, 9.17) is 9.47 Å². The molecule has 0 aromatic rings. The molecule has 0 unspecified atom stereocenters. The van der Waals surface area contributed by atoms with Crippen molar-refractivity contribution in [3.8, 4) is 0 Å². The number of ether oxygens (including phenoxy) is 3. The molecule has 0 atom stereocenters. The van der Waals surface area contributed by atoms with Crippen LogP contribution in [0.25, 0.3) is 0 Å². The minimum Gasteiger partial charge on any atom is -0.466 e. The van der Waals surface area contributed by atoms with Gasteiger partial charge in [0.2, 0.25) is 0 Å². The van der Waals surface area contributed by atoms with Crippen molar-refractivity contribution >= 4 is 5.97 Å². The first-order chi connectivity index (χ1) is 7.74. The molecular weight excluding hydrogens is 208 g/mol. The highest BCUT2D eigenvalue weighted by molar-refractivity contribution is 5.87. The lowest BCUT2D eigenvalue weighted by Crippen LogP contribution is -2.20. The van der Waals surface area contributed by atoms with Gasteiger partial charge in [-0.1, -0.05) is 0 Å². The summed E-state index contributed by atoms with van der Waals surface area (Å²) in [6.45, 7) is 4.62. The molecule has 4 heteroatoms. The van der Waals surface area contributed by atoms with Crippen molar-refractivity contribution in [2.75, 3.05) is 33.5 Å². The molecular formula is C12H20O4. The highest BCUT2D eigenvalue weighted by Gasteiger charge is 2.13. The van der Waals surface area contributed by atoms with Crippen LogP contribution in [-0.2, 0) is 19.0 Å². The molecule has 0 amide bonds. The molecule has 1 aliphatic heterocycles. The molecule has 0 bridgehead atoms. The van der Waals surface area contributed by atoms with Crippen LogP contribution in [0.5, 0.6) is 0 Å². The molecule has 1 heterocycles. The van der Waals surface area contributed by atoms with Gasteiger partial charge in [-0.25, -0.2) is 4.79 Å². The number of esters is 1. The van der Waals surface area contributed by atoms with Gasteiger partial charge < -0.3 is 14.2 Å². The number of carbonyl (C=O) groups is 1. The molecule has 0 N–H and O–H groups in total. The number of hydrogen-bond donors (Lipinski definition) is 0. The molecule has 16 heavy (non-hydrogen) atoms. The summed E-state index contributed by atoms with van der Waals surface area (Å²) in [5, 5.41) is 0. The minimum absolute atomic E-state index is 0.297. The molecule has 1 aliphatic rings. The van der Waals surface area contributed by atoms with Gasteiger partial charge in [-0.3, -0.25) is 0 Å². The van der Waals surface area contributed by atoms with Crippen LogP contribution in [0.2, 0.25) is 0 Å². The average Bonchev–Trinajstić information content (AvgIpc) is 2.34. The Hall–Kier alpha value is -0.870. The quantitative estimate of drug-likeness (QED) is 0.407. The van der Waals surface area contributed by atoms with Gasteiger partial charge in [0.15, 0.2) is 0 Å². The summed E-state index contributed by atoms with van der Waals surface area (Å²) >= 11 is 0. The zero-order chi connectivity index (χ0) is 11.8. The molecule has 1 rings (SSSR count). The second-order valence-electron chi connectivity index (χ2n) is 3.97. The maximum absolute atomic E-state index is 11.0. The Balaban J connectivity index is 2.12. The van der Waals surface area contributed by atoms with Crippen LogP contribution < -0.4 is 0 Å². The average molecular weight is 228 g/mol. The normalized spacial score (nSPS) is 18.5. The van der Waals surface area contributed by atoms with E-state index in [2.05, 4.69) is 4.74 Å². The third-order valence-corrected chi connectivity index (χ3v) is 2.71. The van der Waals surface area contributed by atoms with E-state index in [1.807, 2.05) is 0 Å². The van der Waals surface area contributed by atoms with Gasteiger partial charge >= 0.3 is 5.97 Å². The molecule has 1 fully saturated rings. The molecule has 1 saturated heterocycles. The summed E-state index contributed by atoms with van der Waals surface area (Å²) in [5.74, 6) is 0.301. The summed E-state index contributed by atoms with van der Waals surface area (Å²) in [6, 6.07) is 0. The van der Waals surface area contributed by atoms with E-state index in [1.54, 1.807) is 13.0 Å². The van der Waals surface area contributed by atoms with Gasteiger partial charge in [0, 0.05) is 25.4 Å². The first-order valence-corrected chi connectivity index (χ1v) is 5.64. The topological polar surface area (TPSA) is 44.8 Å². The van der Waals surface area contributed by atoms with Crippen molar-refractivity contribution in [3.63, 3.8) is 0 Å². The molecule has 0 aliphatic carbocycles. The second-order valence-corrected chi connectivity index (χ2v) is 3.97. The summed E-state index contributed by atoms with van der Waals surface area (Å²) in [5.41, 5.74) is 0.592. The van der Waals surface area contributed by atoms with Crippen molar-refractivity contribution in [3.05, 3.63) is 11.6 Å². The third kappa shape index (κ3) is 4.77. The monoisotopic (exact) mass is 228 g/mol. The Kier molecular flexibility index (Phi) is 6.11. The van der Waals surface area contributed by atoms with Crippen molar-refractivity contribution in [1.29, 1.82) is 0 Å². The number of carbonyl (C=O) groups excluding carboxylic acids is 1. The summed E-state index contributed by atoms with van der Waals surface area (Å²) in [7, 11) is 1.38. The van der Waals surface area contributed by atoms with Gasteiger partial charge in [-0.15, -0.1) is 0 Å². The van der Waals surface area contributed by atoms with Crippen LogP contribution in [0.4, 0.5) is 0 Å². The molecule has 4 nitrogen and oxygen atoms in total. The van der Waals surface area contributed by atoms with E-state index in [0.29, 0.717) is 18.1 Å². The zero-order valence-electron chi connectivity index (χ0n) is 10.0. The highest BCUT2D eigenvalue weighted by atomic mass is 16.5. The lowest BCUT2D eigenvalue weighted by atomic mass is 10.0. The summed E-state index contributed by atoms with van der Waals surface area (Å²) in [4.78, 5) is 11.0. The van der Waals surface area contributed by atoms with Crippen molar-refractivity contribution in [1.82, 2.24) is 0 Å². The lowest BCUT2D eigenvalue weighted by molar-refractivity contribution is -0.136. The minimum atomic E-state index is -0.297. The molecule has 92 valence electrons. The second kappa shape index (κ2) is 7.41. The Morgan fingerprint density at radius 1 is 1.44 bits per heavy atom. The van der Waals surface area contributed by atoms with Crippen molar-refractivity contribution in [2.45, 2.75) is 19.8 Å². The Bertz CT molecular complexity index is 241. The molecule has 0 aromatic heterocycles. The van der Waals surface area contributed by atoms with Crippen LogP contribution in [0.3, 0.4) is 0 Å². The third-order valence-electron chi connectivity index (χ3n) is 2.71. The molecule has 0 saturated carbocycles. The fraction of sp³-hybridized carbons (Fsp3) is 0.750. The van der Waals surface area contributed by atoms with E-state index < -0.39 is 0 Å². The summed E-state index contributed by atoms with van der Waals surface area (Å²) in [6.07, 6.45) is 3.89. The van der Waals surface area contributed by atoms with Crippen LogP contribution in [-0.4, -0.2) is 39.5 Å².